The normalized spacial score (nSPS) is 16.3. The van der Waals surface area contributed by atoms with E-state index in [1.807, 2.05) is 54.6 Å². The van der Waals surface area contributed by atoms with Crippen molar-refractivity contribution in [2.24, 2.45) is 0 Å². The van der Waals surface area contributed by atoms with Crippen molar-refractivity contribution >= 4 is 23.7 Å². The molecule has 4 nitrogen and oxygen atoms in total. The lowest BCUT2D eigenvalue weighted by Crippen LogP contribution is -2.45. The highest BCUT2D eigenvalue weighted by Crippen LogP contribution is 2.24. The Labute approximate surface area is 166 Å². The molecule has 1 aliphatic heterocycles. The Morgan fingerprint density at radius 3 is 2.44 bits per heavy atom. The van der Waals surface area contributed by atoms with E-state index in [2.05, 4.69) is 27.7 Å². The van der Waals surface area contributed by atoms with E-state index < -0.39 is 0 Å². The van der Waals surface area contributed by atoms with E-state index in [-0.39, 0.29) is 11.3 Å². The van der Waals surface area contributed by atoms with Crippen molar-refractivity contribution in [3.63, 3.8) is 0 Å². The van der Waals surface area contributed by atoms with Gasteiger partial charge in [0.1, 0.15) is 0 Å². The van der Waals surface area contributed by atoms with Crippen LogP contribution in [-0.2, 0) is 4.79 Å². The van der Waals surface area contributed by atoms with Gasteiger partial charge in [-0.15, -0.1) is 11.8 Å². The number of amides is 1. The highest BCUT2D eigenvalue weighted by Gasteiger charge is 2.16. The minimum atomic E-state index is -0.0485. The maximum absolute atomic E-state index is 12.4. The summed E-state index contributed by atoms with van der Waals surface area (Å²) < 4.78 is 0. The molecule has 1 aliphatic rings. The van der Waals surface area contributed by atoms with E-state index in [1.54, 1.807) is 17.8 Å². The first-order chi connectivity index (χ1) is 13.3. The van der Waals surface area contributed by atoms with Gasteiger partial charge in [-0.25, -0.2) is 0 Å². The zero-order valence-corrected chi connectivity index (χ0v) is 16.3. The van der Waals surface area contributed by atoms with Crippen molar-refractivity contribution in [3.8, 4) is 0 Å². The molecule has 0 radical (unpaired) electrons. The molecule has 27 heavy (non-hydrogen) atoms. The number of hydrogen-bond donors (Lipinski definition) is 2. The van der Waals surface area contributed by atoms with Gasteiger partial charge in [0.05, 0.1) is 5.37 Å². The van der Waals surface area contributed by atoms with Crippen molar-refractivity contribution in [2.75, 3.05) is 32.7 Å². The Morgan fingerprint density at radius 1 is 1.07 bits per heavy atom. The molecule has 0 aliphatic carbocycles. The number of nitrogens with one attached hydrogen (secondary N) is 2. The van der Waals surface area contributed by atoms with E-state index in [0.717, 1.165) is 44.7 Å². The van der Waals surface area contributed by atoms with Gasteiger partial charge in [0.25, 0.3) is 0 Å². The monoisotopic (exact) mass is 381 g/mol. The lowest BCUT2D eigenvalue weighted by Gasteiger charge is -2.28. The van der Waals surface area contributed by atoms with Crippen LogP contribution in [0.5, 0.6) is 0 Å². The van der Waals surface area contributed by atoms with Crippen molar-refractivity contribution in [1.82, 2.24) is 15.5 Å². The summed E-state index contributed by atoms with van der Waals surface area (Å²) in [5, 5.41) is 6.60. The molecule has 1 unspecified atom stereocenters. The molecule has 1 heterocycles. The number of piperazine rings is 1. The average Bonchev–Trinajstić information content (AvgIpc) is 2.73. The average molecular weight is 382 g/mol. The molecule has 0 bridgehead atoms. The van der Waals surface area contributed by atoms with Crippen LogP contribution in [-0.4, -0.2) is 48.9 Å². The van der Waals surface area contributed by atoms with Crippen LogP contribution in [0.3, 0.4) is 0 Å². The summed E-state index contributed by atoms with van der Waals surface area (Å²) in [4.78, 5) is 16.1. The quantitative estimate of drug-likeness (QED) is 0.419. The number of benzene rings is 2. The lowest BCUT2D eigenvalue weighted by molar-refractivity contribution is -0.116. The number of rotatable bonds is 8. The zero-order chi connectivity index (χ0) is 18.7. The van der Waals surface area contributed by atoms with Gasteiger partial charge in [-0.3, -0.25) is 4.79 Å². The van der Waals surface area contributed by atoms with E-state index >= 15 is 0 Å². The predicted octanol–water partition coefficient (Wildman–Crippen LogP) is 3.23. The van der Waals surface area contributed by atoms with Crippen LogP contribution in [0.1, 0.15) is 12.0 Å². The second-order valence-electron chi connectivity index (χ2n) is 6.55. The highest BCUT2D eigenvalue weighted by atomic mass is 32.2. The first-order valence-electron chi connectivity index (χ1n) is 9.48. The molecule has 1 amide bonds. The van der Waals surface area contributed by atoms with Gasteiger partial charge in [-0.05, 0) is 30.2 Å². The van der Waals surface area contributed by atoms with Crippen LogP contribution in [0.4, 0.5) is 0 Å². The van der Waals surface area contributed by atoms with Gasteiger partial charge in [0.15, 0.2) is 0 Å². The van der Waals surface area contributed by atoms with Crippen molar-refractivity contribution < 1.29 is 4.79 Å². The maximum Gasteiger partial charge on any atom is 0.244 e. The second-order valence-corrected chi connectivity index (χ2v) is 7.83. The fourth-order valence-electron chi connectivity index (χ4n) is 3.00. The van der Waals surface area contributed by atoms with Gasteiger partial charge in [0.2, 0.25) is 5.91 Å². The third-order valence-corrected chi connectivity index (χ3v) is 5.65. The molecule has 3 rings (SSSR count). The molecule has 1 atom stereocenters. The standard InChI is InChI=1S/C22H27N3OS/c26-21(12-11-19-7-3-1-4-8-19)24-22(27-20-9-5-2-6-10-20)13-16-25-17-14-23-15-18-25/h1-12,22-23H,13-18H2,(H,24,26). The molecule has 1 fully saturated rings. The van der Waals surface area contributed by atoms with Crippen molar-refractivity contribution in [2.45, 2.75) is 16.7 Å². The highest BCUT2D eigenvalue weighted by molar-refractivity contribution is 8.00. The Bertz CT molecular complexity index is 715. The van der Waals surface area contributed by atoms with Crippen molar-refractivity contribution in [3.05, 3.63) is 72.3 Å². The largest absolute Gasteiger partial charge is 0.340 e. The molecule has 142 valence electrons. The molecular weight excluding hydrogens is 354 g/mol. The SMILES string of the molecule is O=C(C=Cc1ccccc1)NC(CCN1CCNCC1)Sc1ccccc1. The maximum atomic E-state index is 12.4. The zero-order valence-electron chi connectivity index (χ0n) is 15.5. The summed E-state index contributed by atoms with van der Waals surface area (Å²) in [6, 6.07) is 20.2. The molecule has 0 spiro atoms. The van der Waals surface area contributed by atoms with E-state index in [0.29, 0.717) is 0 Å². The molecule has 2 N–H and O–H groups in total. The van der Waals surface area contributed by atoms with Crippen molar-refractivity contribution in [1.29, 1.82) is 0 Å². The molecule has 0 saturated carbocycles. The van der Waals surface area contributed by atoms with Gasteiger partial charge in [-0.1, -0.05) is 48.5 Å². The predicted molar refractivity (Wildman–Crippen MR) is 114 cm³/mol. The fraction of sp³-hybridized carbons (Fsp3) is 0.318. The number of carbonyl (C=O) groups is 1. The van der Waals surface area contributed by atoms with Crippen LogP contribution < -0.4 is 10.6 Å². The smallest absolute Gasteiger partial charge is 0.244 e. The van der Waals surface area contributed by atoms with E-state index in [1.165, 1.54) is 4.90 Å². The first-order valence-corrected chi connectivity index (χ1v) is 10.4. The van der Waals surface area contributed by atoms with Crippen LogP contribution in [0.15, 0.2) is 71.6 Å². The minimum absolute atomic E-state index is 0.0485. The summed E-state index contributed by atoms with van der Waals surface area (Å²) in [6.07, 6.45) is 4.40. The summed E-state index contributed by atoms with van der Waals surface area (Å²) in [6.45, 7) is 5.23. The topological polar surface area (TPSA) is 44.4 Å². The van der Waals surface area contributed by atoms with E-state index in [4.69, 9.17) is 0 Å². The molecule has 1 saturated heterocycles. The Morgan fingerprint density at radius 2 is 1.74 bits per heavy atom. The summed E-state index contributed by atoms with van der Waals surface area (Å²) in [5.74, 6) is -0.0485. The van der Waals surface area contributed by atoms with Gasteiger partial charge >= 0.3 is 0 Å². The van der Waals surface area contributed by atoms with Gasteiger partial charge in [-0.2, -0.15) is 0 Å². The van der Waals surface area contributed by atoms with Gasteiger partial charge < -0.3 is 15.5 Å². The number of carbonyl (C=O) groups excluding carboxylic acids is 1. The van der Waals surface area contributed by atoms with E-state index in [9.17, 15) is 4.79 Å². The third kappa shape index (κ3) is 7.21. The summed E-state index contributed by atoms with van der Waals surface area (Å²) in [7, 11) is 0. The first kappa shape index (κ1) is 19.7. The van der Waals surface area contributed by atoms with Gasteiger partial charge in [0, 0.05) is 43.7 Å². The fourth-order valence-corrected chi connectivity index (χ4v) is 4.04. The lowest BCUT2D eigenvalue weighted by atomic mass is 10.2. The Hall–Kier alpha value is -2.08. The molecule has 0 aromatic heterocycles. The second kappa shape index (κ2) is 10.9. The molecular formula is C22H27N3OS. The number of thioether (sulfide) groups is 1. The minimum Gasteiger partial charge on any atom is -0.340 e. The molecule has 2 aromatic rings. The third-order valence-electron chi connectivity index (χ3n) is 4.47. The summed E-state index contributed by atoms with van der Waals surface area (Å²) in [5.41, 5.74) is 1.03. The summed E-state index contributed by atoms with van der Waals surface area (Å²) >= 11 is 1.72. The Kier molecular flexibility index (Phi) is 7.96. The van der Waals surface area contributed by atoms with Crippen LogP contribution in [0, 0.1) is 0 Å². The Balaban J connectivity index is 1.57. The molecule has 2 aromatic carbocycles. The number of hydrogen-bond acceptors (Lipinski definition) is 4. The van der Waals surface area contributed by atoms with Crippen LogP contribution in [0.2, 0.25) is 0 Å². The number of nitrogens with zero attached hydrogens (tertiary/aromatic N) is 1. The molecule has 5 heteroatoms. The van der Waals surface area contributed by atoms with Crippen LogP contribution in [0.25, 0.3) is 6.08 Å². The van der Waals surface area contributed by atoms with Crippen LogP contribution >= 0.6 is 11.8 Å².